The molecule has 0 aromatic carbocycles. The molecule has 2 rings (SSSR count). The Balaban J connectivity index is 2.54. The molecular weight excluding hydrogens is 154 g/mol. The number of oxazole rings is 1. The van der Waals surface area contributed by atoms with Gasteiger partial charge in [-0.3, -0.25) is 0 Å². The lowest BCUT2D eigenvalue weighted by Gasteiger charge is -1.88. The van der Waals surface area contributed by atoms with E-state index >= 15 is 0 Å². The Hall–Kier alpha value is -1.51. The normalized spacial score (nSPS) is 10.5. The fourth-order valence-electron chi connectivity index (χ4n) is 1.17. The van der Waals surface area contributed by atoms with E-state index in [1.54, 1.807) is 6.26 Å². The molecule has 0 aliphatic carbocycles. The van der Waals surface area contributed by atoms with E-state index in [4.69, 9.17) is 8.83 Å². The fraction of sp³-hybridized carbons (Fsp3) is 0.222. The summed E-state index contributed by atoms with van der Waals surface area (Å²) in [5.41, 5.74) is 0.863. The monoisotopic (exact) mass is 163 g/mol. The predicted octanol–water partition coefficient (Wildman–Crippen LogP) is 2.55. The van der Waals surface area contributed by atoms with Crippen molar-refractivity contribution in [1.29, 1.82) is 0 Å². The van der Waals surface area contributed by atoms with Crippen molar-refractivity contribution in [1.82, 2.24) is 4.98 Å². The highest BCUT2D eigenvalue weighted by atomic mass is 16.4. The average Bonchev–Trinajstić information content (AvgIpc) is 2.58. The van der Waals surface area contributed by atoms with Crippen molar-refractivity contribution >= 4 is 0 Å². The van der Waals surface area contributed by atoms with Crippen molar-refractivity contribution in [3.63, 3.8) is 0 Å². The van der Waals surface area contributed by atoms with Crippen molar-refractivity contribution in [2.75, 3.05) is 0 Å². The number of hydrogen-bond acceptors (Lipinski definition) is 3. The van der Waals surface area contributed by atoms with Gasteiger partial charge in [-0.2, -0.15) is 0 Å². The molecule has 2 aromatic rings. The topological polar surface area (TPSA) is 39.2 Å². The summed E-state index contributed by atoms with van der Waals surface area (Å²) in [5.74, 6) is 2.12. The van der Waals surface area contributed by atoms with Crippen LogP contribution in [-0.2, 0) is 0 Å². The highest BCUT2D eigenvalue weighted by Crippen LogP contribution is 2.23. The first kappa shape index (κ1) is 7.16. The maximum atomic E-state index is 5.35. The SMILES string of the molecule is Cc1nc(C)c(-c2ccco2)o1. The van der Waals surface area contributed by atoms with Crippen LogP contribution >= 0.6 is 0 Å². The molecule has 3 heteroatoms. The molecule has 2 aromatic heterocycles. The Kier molecular flexibility index (Phi) is 1.50. The standard InChI is InChI=1S/C9H9NO2/c1-6-9(12-7(2)10-6)8-4-3-5-11-8/h3-5H,1-2H3. The molecule has 2 heterocycles. The zero-order valence-electron chi connectivity index (χ0n) is 7.00. The zero-order chi connectivity index (χ0) is 8.55. The van der Waals surface area contributed by atoms with Crippen LogP contribution in [0.5, 0.6) is 0 Å². The third kappa shape index (κ3) is 1.03. The van der Waals surface area contributed by atoms with Crippen LogP contribution in [-0.4, -0.2) is 4.98 Å². The van der Waals surface area contributed by atoms with Crippen molar-refractivity contribution in [3.8, 4) is 11.5 Å². The molecule has 0 bridgehead atoms. The fourth-order valence-corrected chi connectivity index (χ4v) is 1.17. The molecule has 12 heavy (non-hydrogen) atoms. The number of aromatic nitrogens is 1. The minimum Gasteiger partial charge on any atom is -0.461 e. The smallest absolute Gasteiger partial charge is 0.192 e. The van der Waals surface area contributed by atoms with Gasteiger partial charge in [0.2, 0.25) is 0 Å². The maximum absolute atomic E-state index is 5.35. The first-order valence-corrected chi connectivity index (χ1v) is 3.75. The summed E-state index contributed by atoms with van der Waals surface area (Å²) in [6.07, 6.45) is 1.62. The second kappa shape index (κ2) is 2.52. The van der Waals surface area contributed by atoms with Gasteiger partial charge < -0.3 is 8.83 Å². The Bertz CT molecular complexity index is 373. The molecule has 0 spiro atoms. The van der Waals surface area contributed by atoms with Crippen LogP contribution in [0.15, 0.2) is 27.2 Å². The van der Waals surface area contributed by atoms with E-state index in [2.05, 4.69) is 4.98 Å². The lowest BCUT2D eigenvalue weighted by atomic mass is 10.3. The van der Waals surface area contributed by atoms with E-state index in [0.29, 0.717) is 5.89 Å². The Morgan fingerprint density at radius 1 is 1.33 bits per heavy atom. The van der Waals surface area contributed by atoms with Crippen molar-refractivity contribution in [3.05, 3.63) is 30.0 Å². The van der Waals surface area contributed by atoms with Gasteiger partial charge in [-0.25, -0.2) is 4.98 Å². The molecule has 0 aliphatic rings. The molecule has 0 radical (unpaired) electrons. The van der Waals surface area contributed by atoms with Crippen LogP contribution in [0.1, 0.15) is 11.6 Å². The van der Waals surface area contributed by atoms with Gasteiger partial charge >= 0.3 is 0 Å². The number of aryl methyl sites for hydroxylation is 2. The first-order chi connectivity index (χ1) is 5.77. The van der Waals surface area contributed by atoms with Gasteiger partial charge in [-0.15, -0.1) is 0 Å². The lowest BCUT2D eigenvalue weighted by Crippen LogP contribution is -1.74. The van der Waals surface area contributed by atoms with Crippen molar-refractivity contribution in [2.45, 2.75) is 13.8 Å². The van der Waals surface area contributed by atoms with Gasteiger partial charge in [0.05, 0.1) is 12.0 Å². The van der Waals surface area contributed by atoms with Gasteiger partial charge in [-0.1, -0.05) is 0 Å². The van der Waals surface area contributed by atoms with Crippen LogP contribution in [0, 0.1) is 13.8 Å². The summed E-state index contributed by atoms with van der Waals surface area (Å²) < 4.78 is 10.5. The van der Waals surface area contributed by atoms with Crippen molar-refractivity contribution in [2.24, 2.45) is 0 Å². The van der Waals surface area contributed by atoms with E-state index in [1.165, 1.54) is 0 Å². The molecule has 0 atom stereocenters. The minimum absolute atomic E-state index is 0.666. The largest absolute Gasteiger partial charge is 0.461 e. The Morgan fingerprint density at radius 3 is 2.67 bits per heavy atom. The van der Waals surface area contributed by atoms with Gasteiger partial charge in [-0.05, 0) is 19.1 Å². The lowest BCUT2D eigenvalue weighted by molar-refractivity contribution is 0.499. The van der Waals surface area contributed by atoms with Crippen LogP contribution in [0.2, 0.25) is 0 Å². The van der Waals surface area contributed by atoms with Crippen molar-refractivity contribution < 1.29 is 8.83 Å². The number of rotatable bonds is 1. The summed E-state index contributed by atoms with van der Waals surface area (Å²) >= 11 is 0. The summed E-state index contributed by atoms with van der Waals surface area (Å²) in [7, 11) is 0. The molecule has 0 saturated heterocycles. The molecule has 0 N–H and O–H groups in total. The van der Waals surface area contributed by atoms with Gasteiger partial charge in [0, 0.05) is 6.92 Å². The third-order valence-corrected chi connectivity index (χ3v) is 1.65. The Morgan fingerprint density at radius 2 is 2.17 bits per heavy atom. The quantitative estimate of drug-likeness (QED) is 0.648. The minimum atomic E-state index is 0.666. The number of hydrogen-bond donors (Lipinski definition) is 0. The first-order valence-electron chi connectivity index (χ1n) is 3.75. The second-order valence-electron chi connectivity index (χ2n) is 2.62. The second-order valence-corrected chi connectivity index (χ2v) is 2.62. The molecule has 0 aliphatic heterocycles. The highest BCUT2D eigenvalue weighted by Gasteiger charge is 2.10. The van der Waals surface area contributed by atoms with Crippen LogP contribution < -0.4 is 0 Å². The molecule has 0 saturated carbocycles. The van der Waals surface area contributed by atoms with E-state index in [9.17, 15) is 0 Å². The van der Waals surface area contributed by atoms with E-state index < -0.39 is 0 Å². The Labute approximate surface area is 70.0 Å². The van der Waals surface area contributed by atoms with Gasteiger partial charge in [0.25, 0.3) is 0 Å². The van der Waals surface area contributed by atoms with E-state index in [-0.39, 0.29) is 0 Å². The molecular formula is C9H9NO2. The number of nitrogens with zero attached hydrogens (tertiary/aromatic N) is 1. The van der Waals surface area contributed by atoms with Gasteiger partial charge in [0.1, 0.15) is 0 Å². The van der Waals surface area contributed by atoms with Gasteiger partial charge in [0.15, 0.2) is 17.4 Å². The van der Waals surface area contributed by atoms with E-state index in [0.717, 1.165) is 17.2 Å². The molecule has 3 nitrogen and oxygen atoms in total. The van der Waals surface area contributed by atoms with E-state index in [1.807, 2.05) is 26.0 Å². The maximum Gasteiger partial charge on any atom is 0.192 e. The third-order valence-electron chi connectivity index (χ3n) is 1.65. The van der Waals surface area contributed by atoms with Crippen LogP contribution in [0.25, 0.3) is 11.5 Å². The molecule has 0 unspecified atom stereocenters. The predicted molar refractivity (Wildman–Crippen MR) is 43.7 cm³/mol. The summed E-state index contributed by atoms with van der Waals surface area (Å²) in [6.45, 7) is 3.72. The summed E-state index contributed by atoms with van der Waals surface area (Å²) in [5, 5.41) is 0. The summed E-state index contributed by atoms with van der Waals surface area (Å²) in [6, 6.07) is 3.68. The zero-order valence-corrected chi connectivity index (χ0v) is 7.00. The average molecular weight is 163 g/mol. The molecule has 62 valence electrons. The molecule has 0 amide bonds. The highest BCUT2D eigenvalue weighted by molar-refractivity contribution is 5.52. The molecule has 0 fully saturated rings. The number of furan rings is 1. The van der Waals surface area contributed by atoms with Crippen LogP contribution in [0.3, 0.4) is 0 Å². The summed E-state index contributed by atoms with van der Waals surface area (Å²) in [4.78, 5) is 4.14. The van der Waals surface area contributed by atoms with Crippen LogP contribution in [0.4, 0.5) is 0 Å².